The van der Waals surface area contributed by atoms with Crippen LogP contribution in [-0.2, 0) is 9.59 Å². The number of hydrogen-bond donors (Lipinski definition) is 1. The minimum absolute atomic E-state index is 0.0980. The summed E-state index contributed by atoms with van der Waals surface area (Å²) in [5.74, 6) is -0.163. The van der Waals surface area contributed by atoms with E-state index in [4.69, 9.17) is 4.74 Å². The van der Waals surface area contributed by atoms with Crippen molar-refractivity contribution < 1.29 is 19.1 Å². The van der Waals surface area contributed by atoms with Crippen LogP contribution in [-0.4, -0.2) is 41.4 Å². The predicted octanol–water partition coefficient (Wildman–Crippen LogP) is 1.33. The fraction of sp³-hybridized carbons (Fsp3) is 0.250. The maximum Gasteiger partial charge on any atom is 0.289 e. The van der Waals surface area contributed by atoms with Gasteiger partial charge in [-0.2, -0.15) is 0 Å². The SMILES string of the molecule is COc1ccccc1NC(=O)CN1C(=O)CSC1=O. The molecule has 6 nitrogen and oxygen atoms in total. The van der Waals surface area contributed by atoms with Crippen LogP contribution in [0.1, 0.15) is 0 Å². The summed E-state index contributed by atoms with van der Waals surface area (Å²) in [6, 6.07) is 6.91. The Morgan fingerprint density at radius 1 is 1.42 bits per heavy atom. The van der Waals surface area contributed by atoms with Crippen LogP contribution in [0.25, 0.3) is 0 Å². The summed E-state index contributed by atoms with van der Waals surface area (Å²) < 4.78 is 5.09. The standard InChI is InChI=1S/C12H12N2O4S/c1-18-9-5-3-2-4-8(9)13-10(15)6-14-11(16)7-19-12(14)17/h2-5H,6-7H2,1H3,(H,13,15). The van der Waals surface area contributed by atoms with Gasteiger partial charge in [-0.1, -0.05) is 23.9 Å². The molecule has 19 heavy (non-hydrogen) atoms. The number of rotatable bonds is 4. The van der Waals surface area contributed by atoms with Gasteiger partial charge in [0.2, 0.25) is 11.8 Å². The van der Waals surface area contributed by atoms with Crippen molar-refractivity contribution in [3.63, 3.8) is 0 Å². The smallest absolute Gasteiger partial charge is 0.289 e. The first-order valence-electron chi connectivity index (χ1n) is 5.52. The van der Waals surface area contributed by atoms with E-state index < -0.39 is 5.91 Å². The molecule has 1 N–H and O–H groups in total. The van der Waals surface area contributed by atoms with Gasteiger partial charge in [0.1, 0.15) is 12.3 Å². The highest BCUT2D eigenvalue weighted by Crippen LogP contribution is 2.23. The highest BCUT2D eigenvalue weighted by Gasteiger charge is 2.31. The summed E-state index contributed by atoms with van der Waals surface area (Å²) in [7, 11) is 1.50. The van der Waals surface area contributed by atoms with E-state index in [-0.39, 0.29) is 23.4 Å². The van der Waals surface area contributed by atoms with E-state index in [1.54, 1.807) is 24.3 Å². The largest absolute Gasteiger partial charge is 0.495 e. The van der Waals surface area contributed by atoms with Crippen molar-refractivity contribution >= 4 is 34.5 Å². The number of ether oxygens (including phenoxy) is 1. The molecule has 1 aromatic rings. The van der Waals surface area contributed by atoms with Gasteiger partial charge in [0, 0.05) is 0 Å². The Labute approximate surface area is 114 Å². The van der Waals surface area contributed by atoms with Crippen LogP contribution < -0.4 is 10.1 Å². The minimum Gasteiger partial charge on any atom is -0.495 e. The number of imide groups is 1. The van der Waals surface area contributed by atoms with Gasteiger partial charge in [-0.25, -0.2) is 0 Å². The number of amides is 3. The molecule has 3 amide bonds. The number of methoxy groups -OCH3 is 1. The van der Waals surface area contributed by atoms with E-state index in [1.165, 1.54) is 7.11 Å². The van der Waals surface area contributed by atoms with Crippen molar-refractivity contribution in [1.29, 1.82) is 0 Å². The molecule has 0 bridgehead atoms. The van der Waals surface area contributed by atoms with Crippen LogP contribution in [0.5, 0.6) is 5.75 Å². The fourth-order valence-corrected chi connectivity index (χ4v) is 2.34. The Morgan fingerprint density at radius 3 is 2.79 bits per heavy atom. The number of carbonyl (C=O) groups excluding carboxylic acids is 3. The monoisotopic (exact) mass is 280 g/mol. The van der Waals surface area contributed by atoms with Crippen LogP contribution in [0, 0.1) is 0 Å². The third-order valence-electron chi connectivity index (χ3n) is 2.52. The van der Waals surface area contributed by atoms with E-state index >= 15 is 0 Å². The molecule has 1 heterocycles. The van der Waals surface area contributed by atoms with Gasteiger partial charge in [0.05, 0.1) is 18.6 Å². The summed E-state index contributed by atoms with van der Waals surface area (Å²) in [6.45, 7) is -0.275. The molecule has 7 heteroatoms. The van der Waals surface area contributed by atoms with Gasteiger partial charge in [0.15, 0.2) is 0 Å². The van der Waals surface area contributed by atoms with Gasteiger partial charge in [0.25, 0.3) is 5.24 Å². The zero-order valence-electron chi connectivity index (χ0n) is 10.2. The molecule has 100 valence electrons. The fourth-order valence-electron chi connectivity index (χ4n) is 1.62. The Kier molecular flexibility index (Phi) is 4.06. The van der Waals surface area contributed by atoms with Gasteiger partial charge < -0.3 is 10.1 Å². The molecular weight excluding hydrogens is 268 g/mol. The van der Waals surface area contributed by atoms with E-state index in [0.717, 1.165) is 16.7 Å². The Balaban J connectivity index is 2.01. The molecule has 0 unspecified atom stereocenters. The summed E-state index contributed by atoms with van der Waals surface area (Å²) in [4.78, 5) is 35.5. The van der Waals surface area contributed by atoms with Crippen LogP contribution >= 0.6 is 11.8 Å². The first kappa shape index (κ1) is 13.4. The van der Waals surface area contributed by atoms with Crippen molar-refractivity contribution in [1.82, 2.24) is 4.90 Å². The van der Waals surface area contributed by atoms with Crippen molar-refractivity contribution in [2.45, 2.75) is 0 Å². The second-order valence-electron chi connectivity index (χ2n) is 3.78. The number of para-hydroxylation sites is 2. The molecule has 1 saturated heterocycles. The average Bonchev–Trinajstić information content (AvgIpc) is 2.71. The first-order valence-corrected chi connectivity index (χ1v) is 6.50. The van der Waals surface area contributed by atoms with Gasteiger partial charge in [-0.3, -0.25) is 19.3 Å². The number of nitrogens with zero attached hydrogens (tertiary/aromatic N) is 1. The molecule has 1 aliphatic heterocycles. The number of nitrogens with one attached hydrogen (secondary N) is 1. The topological polar surface area (TPSA) is 75.7 Å². The Morgan fingerprint density at radius 2 is 2.16 bits per heavy atom. The van der Waals surface area contributed by atoms with Crippen molar-refractivity contribution in [3.8, 4) is 5.75 Å². The van der Waals surface area contributed by atoms with Gasteiger partial charge >= 0.3 is 0 Å². The maximum atomic E-state index is 11.8. The van der Waals surface area contributed by atoms with E-state index in [0.29, 0.717) is 11.4 Å². The second-order valence-corrected chi connectivity index (χ2v) is 4.71. The predicted molar refractivity (Wildman–Crippen MR) is 71.2 cm³/mol. The minimum atomic E-state index is -0.436. The molecule has 0 aliphatic carbocycles. The van der Waals surface area contributed by atoms with Crippen LogP contribution in [0.4, 0.5) is 10.5 Å². The zero-order valence-corrected chi connectivity index (χ0v) is 11.0. The van der Waals surface area contributed by atoms with Crippen LogP contribution in [0.2, 0.25) is 0 Å². The van der Waals surface area contributed by atoms with E-state index in [2.05, 4.69) is 5.32 Å². The highest BCUT2D eigenvalue weighted by atomic mass is 32.2. The Hall–Kier alpha value is -2.02. The zero-order chi connectivity index (χ0) is 13.8. The molecule has 1 fully saturated rings. The lowest BCUT2D eigenvalue weighted by atomic mass is 10.3. The molecule has 1 aliphatic rings. The molecule has 0 aromatic heterocycles. The molecule has 0 radical (unpaired) electrons. The van der Waals surface area contributed by atoms with E-state index in [9.17, 15) is 14.4 Å². The van der Waals surface area contributed by atoms with Crippen LogP contribution in [0.15, 0.2) is 24.3 Å². The molecule has 0 saturated carbocycles. The van der Waals surface area contributed by atoms with Crippen molar-refractivity contribution in [2.75, 3.05) is 24.7 Å². The molecular formula is C12H12N2O4S. The second kappa shape index (κ2) is 5.75. The number of carbonyl (C=O) groups is 3. The normalized spacial score (nSPS) is 14.7. The lowest BCUT2D eigenvalue weighted by molar-refractivity contribution is -0.128. The maximum absolute atomic E-state index is 11.8. The third-order valence-corrected chi connectivity index (χ3v) is 3.38. The number of anilines is 1. The number of hydrogen-bond acceptors (Lipinski definition) is 5. The highest BCUT2D eigenvalue weighted by molar-refractivity contribution is 8.14. The molecule has 2 rings (SSSR count). The van der Waals surface area contributed by atoms with Crippen molar-refractivity contribution in [2.24, 2.45) is 0 Å². The lowest BCUT2D eigenvalue weighted by Gasteiger charge is -2.14. The summed E-state index contributed by atoms with van der Waals surface area (Å²) in [5, 5.41) is 2.22. The first-order chi connectivity index (χ1) is 9.11. The van der Waals surface area contributed by atoms with E-state index in [1.807, 2.05) is 0 Å². The number of thioether (sulfide) groups is 1. The third kappa shape index (κ3) is 3.05. The molecule has 1 aromatic carbocycles. The average molecular weight is 280 g/mol. The van der Waals surface area contributed by atoms with Crippen molar-refractivity contribution in [3.05, 3.63) is 24.3 Å². The summed E-state index contributed by atoms with van der Waals surface area (Å²) >= 11 is 0.902. The van der Waals surface area contributed by atoms with Crippen LogP contribution in [0.3, 0.4) is 0 Å². The Bertz CT molecular complexity index is 516. The number of benzene rings is 1. The molecule has 0 spiro atoms. The quantitative estimate of drug-likeness (QED) is 0.900. The lowest BCUT2D eigenvalue weighted by Crippen LogP contribution is -2.36. The van der Waals surface area contributed by atoms with Gasteiger partial charge in [-0.15, -0.1) is 0 Å². The molecule has 0 atom stereocenters. The van der Waals surface area contributed by atoms with Gasteiger partial charge in [-0.05, 0) is 12.1 Å². The summed E-state index contributed by atoms with van der Waals surface area (Å²) in [6.07, 6.45) is 0. The summed E-state index contributed by atoms with van der Waals surface area (Å²) in [5.41, 5.74) is 0.502.